The Labute approximate surface area is 143 Å². The molecule has 0 spiro atoms. The predicted octanol–water partition coefficient (Wildman–Crippen LogP) is 4.22. The van der Waals surface area contributed by atoms with E-state index in [0.717, 1.165) is 23.4 Å². The maximum Gasteiger partial charge on any atom is 0.256 e. The number of nitrogens with one attached hydrogen (secondary N) is 2. The Balaban J connectivity index is 1.60. The summed E-state index contributed by atoms with van der Waals surface area (Å²) in [6, 6.07) is 16.3. The third-order valence-electron chi connectivity index (χ3n) is 3.53. The van der Waals surface area contributed by atoms with E-state index in [1.165, 1.54) is 6.07 Å². The quantitative estimate of drug-likeness (QED) is 0.732. The van der Waals surface area contributed by atoms with Crippen LogP contribution in [-0.2, 0) is 6.54 Å². The van der Waals surface area contributed by atoms with Crippen LogP contribution >= 0.6 is 0 Å². The molecule has 2 aromatic carbocycles. The Morgan fingerprint density at radius 2 is 1.76 bits per heavy atom. The number of anilines is 2. The number of halogens is 2. The molecule has 0 fully saturated rings. The predicted molar refractivity (Wildman–Crippen MR) is 92.3 cm³/mol. The van der Waals surface area contributed by atoms with Gasteiger partial charge in [0.25, 0.3) is 5.91 Å². The zero-order valence-electron chi connectivity index (χ0n) is 13.2. The standard InChI is InChI=1S/C19H15F2N3O/c20-16-8-6-14(10-17(16)21)19(25)24-18-9-7-15(12-23-18)22-11-13-4-2-1-3-5-13/h1-10,12,22H,11H2,(H,23,24,25). The molecule has 0 atom stereocenters. The second-order valence-corrected chi connectivity index (χ2v) is 5.35. The van der Waals surface area contributed by atoms with Gasteiger partial charge in [0.15, 0.2) is 11.6 Å². The number of aromatic nitrogens is 1. The number of nitrogens with zero attached hydrogens (tertiary/aromatic N) is 1. The monoisotopic (exact) mass is 339 g/mol. The molecule has 1 aromatic heterocycles. The highest BCUT2D eigenvalue weighted by atomic mass is 19.2. The van der Waals surface area contributed by atoms with Crippen molar-refractivity contribution in [2.45, 2.75) is 6.54 Å². The van der Waals surface area contributed by atoms with Crippen LogP contribution in [0.5, 0.6) is 0 Å². The number of hydrogen-bond donors (Lipinski definition) is 2. The Morgan fingerprint density at radius 1 is 0.960 bits per heavy atom. The van der Waals surface area contributed by atoms with Crippen molar-refractivity contribution in [2.24, 2.45) is 0 Å². The minimum absolute atomic E-state index is 0.0204. The highest BCUT2D eigenvalue weighted by Gasteiger charge is 2.10. The van der Waals surface area contributed by atoms with E-state index in [9.17, 15) is 13.6 Å². The lowest BCUT2D eigenvalue weighted by Crippen LogP contribution is -2.13. The van der Waals surface area contributed by atoms with Gasteiger partial charge in [-0.1, -0.05) is 30.3 Å². The number of amides is 1. The maximum absolute atomic E-state index is 13.2. The summed E-state index contributed by atoms with van der Waals surface area (Å²) in [6.07, 6.45) is 1.59. The summed E-state index contributed by atoms with van der Waals surface area (Å²) in [6.45, 7) is 0.656. The zero-order valence-corrected chi connectivity index (χ0v) is 13.2. The topological polar surface area (TPSA) is 54.0 Å². The van der Waals surface area contributed by atoms with Crippen molar-refractivity contribution in [1.82, 2.24) is 4.98 Å². The summed E-state index contributed by atoms with van der Waals surface area (Å²) in [5.74, 6) is -2.30. The Bertz CT molecular complexity index is 868. The fourth-order valence-electron chi connectivity index (χ4n) is 2.20. The van der Waals surface area contributed by atoms with Gasteiger partial charge in [-0.2, -0.15) is 0 Å². The first-order valence-electron chi connectivity index (χ1n) is 7.62. The van der Waals surface area contributed by atoms with Crippen molar-refractivity contribution in [2.75, 3.05) is 10.6 Å². The molecular weight excluding hydrogens is 324 g/mol. The van der Waals surface area contributed by atoms with Crippen LogP contribution in [0.15, 0.2) is 66.9 Å². The van der Waals surface area contributed by atoms with Crippen LogP contribution in [0.4, 0.5) is 20.3 Å². The summed E-state index contributed by atoms with van der Waals surface area (Å²) in [7, 11) is 0. The lowest BCUT2D eigenvalue weighted by Gasteiger charge is -2.08. The average Bonchev–Trinajstić information content (AvgIpc) is 2.64. The SMILES string of the molecule is O=C(Nc1ccc(NCc2ccccc2)cn1)c1ccc(F)c(F)c1. The molecule has 3 aromatic rings. The second-order valence-electron chi connectivity index (χ2n) is 5.35. The summed E-state index contributed by atoms with van der Waals surface area (Å²) < 4.78 is 26.1. The maximum atomic E-state index is 13.2. The molecule has 1 amide bonds. The third kappa shape index (κ3) is 4.38. The van der Waals surface area contributed by atoms with Gasteiger partial charge in [-0.15, -0.1) is 0 Å². The van der Waals surface area contributed by atoms with Crippen LogP contribution in [0.25, 0.3) is 0 Å². The minimum Gasteiger partial charge on any atom is -0.380 e. The third-order valence-corrected chi connectivity index (χ3v) is 3.53. The molecule has 0 aliphatic carbocycles. The van der Waals surface area contributed by atoms with Crippen LogP contribution < -0.4 is 10.6 Å². The van der Waals surface area contributed by atoms with Crippen molar-refractivity contribution >= 4 is 17.4 Å². The molecule has 1 heterocycles. The summed E-state index contributed by atoms with van der Waals surface area (Å²) in [4.78, 5) is 16.2. The van der Waals surface area contributed by atoms with Gasteiger partial charge in [-0.25, -0.2) is 13.8 Å². The van der Waals surface area contributed by atoms with Crippen molar-refractivity contribution in [1.29, 1.82) is 0 Å². The van der Waals surface area contributed by atoms with Crippen molar-refractivity contribution < 1.29 is 13.6 Å². The normalized spacial score (nSPS) is 10.3. The molecule has 0 unspecified atom stereocenters. The van der Waals surface area contributed by atoms with Gasteiger partial charge in [0.05, 0.1) is 11.9 Å². The van der Waals surface area contributed by atoms with Gasteiger partial charge in [0, 0.05) is 12.1 Å². The molecule has 6 heteroatoms. The van der Waals surface area contributed by atoms with Crippen LogP contribution in [-0.4, -0.2) is 10.9 Å². The molecule has 0 saturated heterocycles. The molecule has 0 aliphatic heterocycles. The molecule has 126 valence electrons. The highest BCUT2D eigenvalue weighted by molar-refractivity contribution is 6.03. The molecule has 4 nitrogen and oxygen atoms in total. The Kier molecular flexibility index (Phi) is 4.99. The number of pyridine rings is 1. The lowest BCUT2D eigenvalue weighted by molar-refractivity contribution is 0.102. The fourth-order valence-corrected chi connectivity index (χ4v) is 2.20. The molecule has 3 rings (SSSR count). The van der Waals surface area contributed by atoms with E-state index in [-0.39, 0.29) is 5.56 Å². The molecule has 25 heavy (non-hydrogen) atoms. The van der Waals surface area contributed by atoms with E-state index in [2.05, 4.69) is 15.6 Å². The summed E-state index contributed by atoms with van der Waals surface area (Å²) in [5.41, 5.74) is 1.96. The molecular formula is C19H15F2N3O. The van der Waals surface area contributed by atoms with E-state index < -0.39 is 17.5 Å². The van der Waals surface area contributed by atoms with E-state index in [1.54, 1.807) is 18.3 Å². The molecule has 0 aliphatic rings. The first kappa shape index (κ1) is 16.6. The van der Waals surface area contributed by atoms with Crippen LogP contribution in [0.2, 0.25) is 0 Å². The van der Waals surface area contributed by atoms with Crippen molar-refractivity contribution in [3.63, 3.8) is 0 Å². The lowest BCUT2D eigenvalue weighted by atomic mass is 10.2. The number of carbonyl (C=O) groups excluding carboxylic acids is 1. The van der Waals surface area contributed by atoms with Gasteiger partial charge in [0.1, 0.15) is 5.82 Å². The molecule has 0 radical (unpaired) electrons. The zero-order chi connectivity index (χ0) is 17.6. The van der Waals surface area contributed by atoms with Gasteiger partial charge >= 0.3 is 0 Å². The largest absolute Gasteiger partial charge is 0.380 e. The first-order valence-corrected chi connectivity index (χ1v) is 7.62. The van der Waals surface area contributed by atoms with E-state index >= 15 is 0 Å². The minimum atomic E-state index is -1.07. The number of rotatable bonds is 5. The number of benzene rings is 2. The van der Waals surface area contributed by atoms with Crippen molar-refractivity contribution in [3.8, 4) is 0 Å². The van der Waals surface area contributed by atoms with Crippen molar-refractivity contribution in [3.05, 3.63) is 89.6 Å². The van der Waals surface area contributed by atoms with E-state index in [4.69, 9.17) is 0 Å². The van der Waals surface area contributed by atoms with Gasteiger partial charge in [-0.3, -0.25) is 4.79 Å². The highest BCUT2D eigenvalue weighted by Crippen LogP contribution is 2.14. The van der Waals surface area contributed by atoms with E-state index in [1.807, 2.05) is 30.3 Å². The van der Waals surface area contributed by atoms with Crippen LogP contribution in [0.3, 0.4) is 0 Å². The van der Waals surface area contributed by atoms with E-state index in [0.29, 0.717) is 12.4 Å². The summed E-state index contributed by atoms with van der Waals surface area (Å²) in [5, 5.41) is 5.76. The molecule has 0 bridgehead atoms. The van der Waals surface area contributed by atoms with Gasteiger partial charge in [0.2, 0.25) is 0 Å². The fraction of sp³-hybridized carbons (Fsp3) is 0.0526. The Hall–Kier alpha value is -3.28. The second kappa shape index (κ2) is 7.53. The van der Waals surface area contributed by atoms with Gasteiger partial charge in [-0.05, 0) is 35.9 Å². The van der Waals surface area contributed by atoms with Gasteiger partial charge < -0.3 is 10.6 Å². The van der Waals surface area contributed by atoms with Crippen LogP contribution in [0, 0.1) is 11.6 Å². The molecule has 0 saturated carbocycles. The Morgan fingerprint density at radius 3 is 2.44 bits per heavy atom. The first-order chi connectivity index (χ1) is 12.1. The molecule has 2 N–H and O–H groups in total. The smallest absolute Gasteiger partial charge is 0.256 e. The summed E-state index contributed by atoms with van der Waals surface area (Å²) >= 11 is 0. The average molecular weight is 339 g/mol. The number of hydrogen-bond acceptors (Lipinski definition) is 3. The van der Waals surface area contributed by atoms with Crippen LogP contribution in [0.1, 0.15) is 15.9 Å². The number of carbonyl (C=O) groups is 1.